The molecular formula is C18H23N3O2S. The van der Waals surface area contributed by atoms with Crippen molar-refractivity contribution in [2.45, 2.75) is 32.4 Å². The highest BCUT2D eigenvalue weighted by Crippen LogP contribution is 2.31. The first-order valence-corrected chi connectivity index (χ1v) is 9.17. The molecule has 1 saturated heterocycles. The lowest BCUT2D eigenvalue weighted by atomic mass is 9.87. The maximum Gasteiger partial charge on any atom is 0.223 e. The third-order valence-electron chi connectivity index (χ3n) is 4.44. The standard InChI is InChI=1S/C18H23N3O2S/c1-13(22)19-18-20-16(12-24-18)11-21-9-7-15(8-10-21)17(23)14-5-3-2-4-6-14/h2-6,12,15,17,23H,7-11H2,1H3,(H,19,20,22). The van der Waals surface area contributed by atoms with Crippen molar-refractivity contribution < 1.29 is 9.90 Å². The minimum absolute atomic E-state index is 0.0911. The van der Waals surface area contributed by atoms with E-state index < -0.39 is 0 Å². The van der Waals surface area contributed by atoms with Gasteiger partial charge in [0, 0.05) is 18.8 Å². The predicted molar refractivity (Wildman–Crippen MR) is 95.8 cm³/mol. The van der Waals surface area contributed by atoms with Crippen LogP contribution in [0.25, 0.3) is 0 Å². The number of piperidine rings is 1. The molecule has 0 spiro atoms. The van der Waals surface area contributed by atoms with Crippen LogP contribution in [-0.2, 0) is 11.3 Å². The van der Waals surface area contributed by atoms with Crippen LogP contribution in [0.4, 0.5) is 5.13 Å². The van der Waals surface area contributed by atoms with Crippen molar-refractivity contribution in [2.75, 3.05) is 18.4 Å². The van der Waals surface area contributed by atoms with Crippen LogP contribution in [0.1, 0.15) is 37.1 Å². The Labute approximate surface area is 146 Å². The van der Waals surface area contributed by atoms with Gasteiger partial charge in [-0.05, 0) is 37.4 Å². The summed E-state index contributed by atoms with van der Waals surface area (Å²) in [5, 5.41) is 15.9. The van der Waals surface area contributed by atoms with Gasteiger partial charge in [0.2, 0.25) is 5.91 Å². The predicted octanol–water partition coefficient (Wildman–Crippen LogP) is 3.05. The molecule has 2 N–H and O–H groups in total. The number of hydrogen-bond donors (Lipinski definition) is 2. The summed E-state index contributed by atoms with van der Waals surface area (Å²) in [6, 6.07) is 9.92. The fourth-order valence-electron chi connectivity index (χ4n) is 3.17. The van der Waals surface area contributed by atoms with Gasteiger partial charge >= 0.3 is 0 Å². The van der Waals surface area contributed by atoms with Gasteiger partial charge in [0.25, 0.3) is 0 Å². The Kier molecular flexibility index (Phi) is 5.60. The Morgan fingerprint density at radius 1 is 1.38 bits per heavy atom. The summed E-state index contributed by atoms with van der Waals surface area (Å²) in [5.41, 5.74) is 2.00. The molecule has 1 aromatic heterocycles. The number of benzene rings is 1. The topological polar surface area (TPSA) is 65.5 Å². The normalized spacial score (nSPS) is 17.6. The smallest absolute Gasteiger partial charge is 0.223 e. The monoisotopic (exact) mass is 345 g/mol. The van der Waals surface area contributed by atoms with Crippen LogP contribution >= 0.6 is 11.3 Å². The Morgan fingerprint density at radius 2 is 2.08 bits per heavy atom. The zero-order valence-electron chi connectivity index (χ0n) is 13.8. The summed E-state index contributed by atoms with van der Waals surface area (Å²) in [6.07, 6.45) is 1.59. The van der Waals surface area contributed by atoms with E-state index in [9.17, 15) is 9.90 Å². The van der Waals surface area contributed by atoms with Gasteiger partial charge in [-0.15, -0.1) is 11.3 Å². The number of aromatic nitrogens is 1. The van der Waals surface area contributed by atoms with Crippen LogP contribution in [-0.4, -0.2) is 34.0 Å². The lowest BCUT2D eigenvalue weighted by Gasteiger charge is -2.34. The number of amides is 1. The number of hydrogen-bond acceptors (Lipinski definition) is 5. The number of aliphatic hydroxyl groups is 1. The van der Waals surface area contributed by atoms with E-state index in [0.717, 1.165) is 43.7 Å². The highest BCUT2D eigenvalue weighted by Gasteiger charge is 2.26. The molecular weight excluding hydrogens is 322 g/mol. The molecule has 1 amide bonds. The highest BCUT2D eigenvalue weighted by atomic mass is 32.1. The molecule has 0 saturated carbocycles. The molecule has 128 valence electrons. The molecule has 6 heteroatoms. The van der Waals surface area contributed by atoms with Crippen LogP contribution in [0.15, 0.2) is 35.7 Å². The van der Waals surface area contributed by atoms with Crippen molar-refractivity contribution in [1.29, 1.82) is 0 Å². The van der Waals surface area contributed by atoms with Gasteiger partial charge < -0.3 is 10.4 Å². The van der Waals surface area contributed by atoms with Crippen LogP contribution in [0, 0.1) is 5.92 Å². The summed E-state index contributed by atoms with van der Waals surface area (Å²) in [7, 11) is 0. The largest absolute Gasteiger partial charge is 0.388 e. The minimum Gasteiger partial charge on any atom is -0.388 e. The average molecular weight is 345 g/mol. The van der Waals surface area contributed by atoms with E-state index in [2.05, 4.69) is 15.2 Å². The van der Waals surface area contributed by atoms with Crippen molar-refractivity contribution in [3.8, 4) is 0 Å². The summed E-state index contributed by atoms with van der Waals surface area (Å²) in [5.74, 6) is 0.223. The summed E-state index contributed by atoms with van der Waals surface area (Å²) < 4.78 is 0. The Balaban J connectivity index is 1.50. The number of likely N-dealkylation sites (tertiary alicyclic amines) is 1. The van der Waals surface area contributed by atoms with Gasteiger partial charge in [0.1, 0.15) is 0 Å². The molecule has 2 aromatic rings. The van der Waals surface area contributed by atoms with E-state index in [1.165, 1.54) is 18.3 Å². The van der Waals surface area contributed by atoms with E-state index in [1.807, 2.05) is 35.7 Å². The summed E-state index contributed by atoms with van der Waals surface area (Å²) in [4.78, 5) is 17.9. The van der Waals surface area contributed by atoms with Gasteiger partial charge in [-0.2, -0.15) is 0 Å². The Morgan fingerprint density at radius 3 is 2.75 bits per heavy atom. The number of rotatable bonds is 5. The van der Waals surface area contributed by atoms with Gasteiger partial charge in [0.05, 0.1) is 11.8 Å². The molecule has 0 aliphatic carbocycles. The number of aliphatic hydroxyl groups excluding tert-OH is 1. The second kappa shape index (κ2) is 7.88. The van der Waals surface area contributed by atoms with E-state index in [-0.39, 0.29) is 12.0 Å². The number of nitrogens with one attached hydrogen (secondary N) is 1. The molecule has 5 nitrogen and oxygen atoms in total. The molecule has 1 atom stereocenters. The van der Waals surface area contributed by atoms with Crippen LogP contribution < -0.4 is 5.32 Å². The number of thiazole rings is 1. The van der Waals surface area contributed by atoms with Gasteiger partial charge in [-0.1, -0.05) is 30.3 Å². The SMILES string of the molecule is CC(=O)Nc1nc(CN2CCC(C(O)c3ccccc3)CC2)cs1. The molecule has 0 radical (unpaired) electrons. The van der Waals surface area contributed by atoms with Crippen molar-refractivity contribution in [3.63, 3.8) is 0 Å². The second-order valence-corrected chi connectivity index (χ2v) is 7.15. The lowest BCUT2D eigenvalue weighted by molar-refractivity contribution is -0.114. The molecule has 24 heavy (non-hydrogen) atoms. The molecule has 1 aromatic carbocycles. The molecule has 1 unspecified atom stereocenters. The van der Waals surface area contributed by atoms with E-state index >= 15 is 0 Å². The highest BCUT2D eigenvalue weighted by molar-refractivity contribution is 7.13. The maximum atomic E-state index is 11.1. The first-order valence-electron chi connectivity index (χ1n) is 8.29. The zero-order valence-corrected chi connectivity index (χ0v) is 14.6. The Hall–Kier alpha value is -1.76. The van der Waals surface area contributed by atoms with E-state index in [1.54, 1.807) is 0 Å². The number of carbonyl (C=O) groups excluding carboxylic acids is 1. The zero-order chi connectivity index (χ0) is 16.9. The maximum absolute atomic E-state index is 11.1. The third kappa shape index (κ3) is 4.41. The fraction of sp³-hybridized carbons (Fsp3) is 0.444. The fourth-order valence-corrected chi connectivity index (χ4v) is 3.91. The van der Waals surface area contributed by atoms with Crippen molar-refractivity contribution in [2.24, 2.45) is 5.92 Å². The molecule has 1 aliphatic rings. The lowest BCUT2D eigenvalue weighted by Crippen LogP contribution is -2.35. The number of nitrogens with zero attached hydrogens (tertiary/aromatic N) is 2. The Bertz CT molecular complexity index is 666. The average Bonchev–Trinajstić information content (AvgIpc) is 3.02. The molecule has 2 heterocycles. The van der Waals surface area contributed by atoms with Gasteiger partial charge in [0.15, 0.2) is 5.13 Å². The second-order valence-electron chi connectivity index (χ2n) is 6.29. The third-order valence-corrected chi connectivity index (χ3v) is 5.25. The van der Waals surface area contributed by atoms with Crippen LogP contribution in [0.3, 0.4) is 0 Å². The minimum atomic E-state index is -0.376. The van der Waals surface area contributed by atoms with E-state index in [0.29, 0.717) is 11.0 Å². The molecule has 1 fully saturated rings. The molecule has 0 bridgehead atoms. The van der Waals surface area contributed by atoms with Crippen molar-refractivity contribution in [3.05, 3.63) is 47.0 Å². The summed E-state index contributed by atoms with van der Waals surface area (Å²) >= 11 is 1.46. The van der Waals surface area contributed by atoms with E-state index in [4.69, 9.17) is 0 Å². The first-order chi connectivity index (χ1) is 11.6. The quantitative estimate of drug-likeness (QED) is 0.874. The molecule has 1 aliphatic heterocycles. The van der Waals surface area contributed by atoms with Crippen LogP contribution in [0.5, 0.6) is 0 Å². The number of anilines is 1. The first kappa shape index (κ1) is 17.1. The van der Waals surface area contributed by atoms with Gasteiger partial charge in [-0.3, -0.25) is 9.69 Å². The van der Waals surface area contributed by atoms with Crippen molar-refractivity contribution >= 4 is 22.4 Å². The van der Waals surface area contributed by atoms with Crippen molar-refractivity contribution in [1.82, 2.24) is 9.88 Å². The number of carbonyl (C=O) groups is 1. The van der Waals surface area contributed by atoms with Crippen LogP contribution in [0.2, 0.25) is 0 Å². The summed E-state index contributed by atoms with van der Waals surface area (Å²) in [6.45, 7) is 4.21. The van der Waals surface area contributed by atoms with Gasteiger partial charge in [-0.25, -0.2) is 4.98 Å². The molecule has 3 rings (SSSR count).